The van der Waals surface area contributed by atoms with Crippen LogP contribution in [0.4, 0.5) is 0 Å². The molecule has 0 spiro atoms. The van der Waals surface area contributed by atoms with Crippen LogP contribution in [0.25, 0.3) is 0 Å². The van der Waals surface area contributed by atoms with E-state index in [4.69, 9.17) is 0 Å². The predicted molar refractivity (Wildman–Crippen MR) is 119 cm³/mol. The normalized spacial score (nSPS) is 27.7. The fourth-order valence-electron chi connectivity index (χ4n) is 5.14. The number of carbonyl (C=O) groups is 1. The minimum absolute atomic E-state index is 0.0118. The number of nitrogens with one attached hydrogen (secondary N) is 1. The number of carbonyl (C=O) groups excluding carboxylic acids is 1. The molecule has 1 heterocycles. The van der Waals surface area contributed by atoms with Crippen molar-refractivity contribution in [2.45, 2.75) is 71.1 Å². The first-order chi connectivity index (χ1) is 14.1. The number of rotatable bonds is 6. The summed E-state index contributed by atoms with van der Waals surface area (Å²) >= 11 is 0. The number of hydrogen-bond acceptors (Lipinski definition) is 2. The minimum Gasteiger partial charge on any atom is -0.316 e. The van der Waals surface area contributed by atoms with Crippen LogP contribution in [0.2, 0.25) is 0 Å². The van der Waals surface area contributed by atoms with E-state index in [0.29, 0.717) is 12.0 Å². The van der Waals surface area contributed by atoms with Crippen LogP contribution in [0, 0.1) is 11.8 Å². The zero-order valence-electron chi connectivity index (χ0n) is 18.0. The van der Waals surface area contributed by atoms with Gasteiger partial charge in [-0.05, 0) is 49.7 Å². The quantitative estimate of drug-likeness (QED) is 0.699. The monoisotopic (exact) mass is 390 g/mol. The van der Waals surface area contributed by atoms with E-state index >= 15 is 0 Å². The van der Waals surface area contributed by atoms with Crippen LogP contribution in [-0.2, 0) is 6.42 Å². The first-order valence-corrected chi connectivity index (χ1v) is 11.3. The fraction of sp³-hybridized carbons (Fsp3) is 0.500. The second kappa shape index (κ2) is 8.71. The summed E-state index contributed by atoms with van der Waals surface area (Å²) in [4.78, 5) is 15.4. The number of amides is 1. The predicted octanol–water partition coefficient (Wildman–Crippen LogP) is 5.58. The summed E-state index contributed by atoms with van der Waals surface area (Å²) in [6.07, 6.45) is 5.74. The van der Waals surface area contributed by atoms with Gasteiger partial charge in [0, 0.05) is 23.2 Å². The minimum atomic E-state index is -0.0118. The number of nitrogens with zero attached hydrogens (tertiary/aromatic N) is 1. The van der Waals surface area contributed by atoms with Gasteiger partial charge in [0.1, 0.15) is 6.17 Å². The van der Waals surface area contributed by atoms with Gasteiger partial charge in [-0.15, -0.1) is 0 Å². The largest absolute Gasteiger partial charge is 0.316 e. The molecule has 154 valence electrons. The Morgan fingerprint density at radius 1 is 1.03 bits per heavy atom. The van der Waals surface area contributed by atoms with Gasteiger partial charge >= 0.3 is 0 Å². The molecular weight excluding hydrogens is 356 g/mol. The van der Waals surface area contributed by atoms with Crippen molar-refractivity contribution in [1.29, 1.82) is 0 Å². The van der Waals surface area contributed by atoms with Crippen LogP contribution < -0.4 is 5.32 Å². The lowest BCUT2D eigenvalue weighted by Crippen LogP contribution is -2.49. The van der Waals surface area contributed by atoms with E-state index in [9.17, 15) is 4.79 Å². The number of benzene rings is 2. The van der Waals surface area contributed by atoms with Gasteiger partial charge < -0.3 is 4.90 Å². The van der Waals surface area contributed by atoms with Crippen LogP contribution >= 0.6 is 0 Å². The number of fused-ring (bicyclic) bond motifs is 1. The summed E-state index contributed by atoms with van der Waals surface area (Å²) in [5, 5.41) is 3.92. The first kappa shape index (κ1) is 20.2. The second-order valence-corrected chi connectivity index (χ2v) is 9.12. The average Bonchev–Trinajstić information content (AvgIpc) is 3.02. The molecule has 1 amide bonds. The molecule has 1 fully saturated rings. The Hall–Kier alpha value is -2.13. The Kier molecular flexibility index (Phi) is 6.05. The van der Waals surface area contributed by atoms with Crippen LogP contribution in [0.15, 0.2) is 54.6 Å². The van der Waals surface area contributed by atoms with Crippen molar-refractivity contribution in [3.05, 3.63) is 71.3 Å². The highest BCUT2D eigenvalue weighted by Gasteiger charge is 2.41. The molecule has 1 aliphatic carbocycles. The third kappa shape index (κ3) is 4.11. The van der Waals surface area contributed by atoms with E-state index in [1.165, 1.54) is 24.8 Å². The Bertz CT molecular complexity index is 834. The van der Waals surface area contributed by atoms with Crippen LogP contribution in [0.5, 0.6) is 0 Å². The maximum atomic E-state index is 13.3. The topological polar surface area (TPSA) is 32.3 Å². The Morgan fingerprint density at radius 3 is 2.55 bits per heavy atom. The molecule has 0 bridgehead atoms. The molecule has 3 heteroatoms. The number of hydrogen-bond donors (Lipinski definition) is 1. The van der Waals surface area contributed by atoms with Crippen molar-refractivity contribution in [3.63, 3.8) is 0 Å². The summed E-state index contributed by atoms with van der Waals surface area (Å²) in [6, 6.07) is 19.4. The lowest BCUT2D eigenvalue weighted by Gasteiger charge is -2.40. The molecule has 1 aliphatic heterocycles. The van der Waals surface area contributed by atoms with E-state index < -0.39 is 0 Å². The molecule has 0 aromatic heterocycles. The summed E-state index contributed by atoms with van der Waals surface area (Å²) in [5.41, 5.74) is 3.35. The maximum Gasteiger partial charge on any atom is 0.256 e. The van der Waals surface area contributed by atoms with Crippen molar-refractivity contribution in [2.24, 2.45) is 11.8 Å². The molecule has 2 aromatic rings. The van der Waals surface area contributed by atoms with Gasteiger partial charge in [-0.25, -0.2) is 0 Å². The first-order valence-electron chi connectivity index (χ1n) is 11.3. The van der Waals surface area contributed by atoms with Gasteiger partial charge in [0.15, 0.2) is 0 Å². The van der Waals surface area contributed by atoms with Gasteiger partial charge in [0.25, 0.3) is 5.91 Å². The Balaban J connectivity index is 1.54. The van der Waals surface area contributed by atoms with E-state index in [1.54, 1.807) is 0 Å². The van der Waals surface area contributed by atoms with Crippen LogP contribution in [0.3, 0.4) is 0 Å². The summed E-state index contributed by atoms with van der Waals surface area (Å²) in [5.74, 6) is 1.54. The lowest BCUT2D eigenvalue weighted by atomic mass is 9.78. The van der Waals surface area contributed by atoms with Gasteiger partial charge in [0.2, 0.25) is 0 Å². The van der Waals surface area contributed by atoms with Crippen molar-refractivity contribution < 1.29 is 4.79 Å². The van der Waals surface area contributed by atoms with Crippen LogP contribution in [-0.4, -0.2) is 22.9 Å². The average molecular weight is 391 g/mol. The molecule has 5 atom stereocenters. The van der Waals surface area contributed by atoms with Gasteiger partial charge in [-0.1, -0.05) is 75.2 Å². The maximum absolute atomic E-state index is 13.3. The molecule has 2 aliphatic rings. The fourth-order valence-corrected chi connectivity index (χ4v) is 5.14. The molecule has 2 aromatic carbocycles. The van der Waals surface area contributed by atoms with Crippen LogP contribution in [0.1, 0.15) is 74.1 Å². The van der Waals surface area contributed by atoms with Crippen molar-refractivity contribution in [2.75, 3.05) is 0 Å². The van der Waals surface area contributed by atoms with Gasteiger partial charge in [-0.2, -0.15) is 0 Å². The third-order valence-corrected chi connectivity index (χ3v) is 7.25. The molecule has 0 saturated heterocycles. The molecule has 3 nitrogen and oxygen atoms in total. The van der Waals surface area contributed by atoms with Crippen molar-refractivity contribution in [1.82, 2.24) is 10.2 Å². The SMILES string of the molecule is CC1CCCC(NC2c3ccccc3C(=O)N2C(C)CCc2ccccc2)C1C. The standard InChI is InChI=1S/C26H34N2O/c1-18-10-9-15-24(20(18)3)27-25-22-13-7-8-14-23(22)26(29)28(25)19(2)16-17-21-11-5-4-6-12-21/h4-8,11-14,18-20,24-25,27H,9-10,15-17H2,1-3H3. The number of aryl methyl sites for hydroxylation is 1. The molecular formula is C26H34N2O. The molecule has 0 radical (unpaired) electrons. The zero-order chi connectivity index (χ0) is 20.4. The highest BCUT2D eigenvalue weighted by Crippen LogP contribution is 2.37. The smallest absolute Gasteiger partial charge is 0.256 e. The van der Waals surface area contributed by atoms with E-state index in [1.807, 2.05) is 12.1 Å². The summed E-state index contributed by atoms with van der Waals surface area (Å²) in [6.45, 7) is 6.94. The van der Waals surface area contributed by atoms with Crippen molar-refractivity contribution >= 4 is 5.91 Å². The van der Waals surface area contributed by atoms with E-state index in [2.05, 4.69) is 73.5 Å². The molecule has 1 saturated carbocycles. The summed E-state index contributed by atoms with van der Waals surface area (Å²) < 4.78 is 0. The Morgan fingerprint density at radius 2 is 1.76 bits per heavy atom. The third-order valence-electron chi connectivity index (χ3n) is 7.25. The van der Waals surface area contributed by atoms with Gasteiger partial charge in [-0.3, -0.25) is 10.1 Å². The van der Waals surface area contributed by atoms with Gasteiger partial charge in [0.05, 0.1) is 0 Å². The highest BCUT2D eigenvalue weighted by atomic mass is 16.2. The molecule has 29 heavy (non-hydrogen) atoms. The summed E-state index contributed by atoms with van der Waals surface area (Å²) in [7, 11) is 0. The molecule has 1 N–H and O–H groups in total. The lowest BCUT2D eigenvalue weighted by molar-refractivity contribution is 0.0529. The highest BCUT2D eigenvalue weighted by molar-refractivity contribution is 5.99. The second-order valence-electron chi connectivity index (χ2n) is 9.12. The molecule has 5 unspecified atom stereocenters. The van der Waals surface area contributed by atoms with E-state index in [-0.39, 0.29) is 18.1 Å². The Labute approximate surface area is 175 Å². The molecule has 4 rings (SSSR count). The van der Waals surface area contributed by atoms with Crippen molar-refractivity contribution in [3.8, 4) is 0 Å². The van der Waals surface area contributed by atoms with E-state index in [0.717, 1.165) is 29.9 Å². The zero-order valence-corrected chi connectivity index (χ0v) is 18.0.